The molecule has 14 nitrogen and oxygen atoms in total. The molecule has 0 amide bonds. The fourth-order valence-electron chi connectivity index (χ4n) is 7.34. The third-order valence-electron chi connectivity index (χ3n) is 9.93. The first-order valence-corrected chi connectivity index (χ1v) is 31.4. The molecule has 0 aromatic heterocycles. The van der Waals surface area contributed by atoms with E-state index in [1.165, 1.54) is 11.4 Å². The van der Waals surface area contributed by atoms with Gasteiger partial charge in [0.25, 0.3) is 0 Å². The first-order valence-electron chi connectivity index (χ1n) is 24.3. The fourth-order valence-corrected chi connectivity index (χ4v) is 14.5. The highest BCUT2D eigenvalue weighted by Gasteiger charge is 2.40. The Morgan fingerprint density at radius 3 is 0.984 bits per heavy atom. The molecule has 366 valence electrons. The summed E-state index contributed by atoms with van der Waals surface area (Å²) in [5.74, 6) is 0. The molecule has 0 spiro atoms. The van der Waals surface area contributed by atoms with Crippen molar-refractivity contribution in [2.24, 2.45) is 0 Å². The van der Waals surface area contributed by atoms with Gasteiger partial charge in [0.2, 0.25) is 0 Å². The number of ether oxygens (including phenoxy) is 4. The first-order chi connectivity index (χ1) is 30.3. The Morgan fingerprint density at radius 2 is 0.710 bits per heavy atom. The highest BCUT2D eigenvalue weighted by Crippen LogP contribution is 2.26. The lowest BCUT2D eigenvalue weighted by molar-refractivity contribution is -0.143. The number of nitrogens with zero attached hydrogens (tertiary/aromatic N) is 2. The van der Waals surface area contributed by atoms with Crippen LogP contribution in [-0.2, 0) is 54.4 Å². The molecule has 0 heterocycles. The molecule has 1 rings (SSSR count). The van der Waals surface area contributed by atoms with Gasteiger partial charge in [-0.1, -0.05) is 0 Å². The molecule has 0 fully saturated rings. The van der Waals surface area contributed by atoms with E-state index in [1.54, 1.807) is 0 Å². The standard InChI is InChI=1S/C44H92N2O12Si4/c1-11-47-43(48-12-2)29-35-51-59-37-21-31-45(33-23-39-61(53-15-5,54-16-6)55-17-7)41-25-27-42(28-26-41)46(34-24-40-62(56-18-8,57-19-9)58-20-10)32-22-38-60-52-36-30-44(49-13-3)50-14-4/h25-28,43-44H,11-24,29-40,59-60H2,1-10H3. The van der Waals surface area contributed by atoms with Crippen LogP contribution in [0.4, 0.5) is 11.4 Å². The van der Waals surface area contributed by atoms with Gasteiger partial charge in [0, 0.05) is 142 Å². The molecular weight excluding hydrogens is 861 g/mol. The maximum Gasteiger partial charge on any atom is 0.500 e. The van der Waals surface area contributed by atoms with Gasteiger partial charge in [-0.3, -0.25) is 0 Å². The van der Waals surface area contributed by atoms with E-state index >= 15 is 0 Å². The minimum Gasteiger partial charge on any atom is -0.424 e. The summed E-state index contributed by atoms with van der Waals surface area (Å²) in [7, 11) is -6.81. The fraction of sp³-hybridized carbons (Fsp3) is 0.864. The van der Waals surface area contributed by atoms with E-state index in [0.717, 1.165) is 88.9 Å². The minimum atomic E-state index is -2.75. The summed E-state index contributed by atoms with van der Waals surface area (Å²) in [6, 6.07) is 12.9. The van der Waals surface area contributed by atoms with Gasteiger partial charge in [-0.2, -0.15) is 0 Å². The van der Waals surface area contributed by atoms with Gasteiger partial charge in [-0.05, 0) is 131 Å². The lowest BCUT2D eigenvalue weighted by atomic mass is 10.2. The van der Waals surface area contributed by atoms with Gasteiger partial charge in [-0.25, -0.2) is 0 Å². The summed E-state index contributed by atoms with van der Waals surface area (Å²) in [6.45, 7) is 31.2. The zero-order valence-electron chi connectivity index (χ0n) is 41.1. The first kappa shape index (κ1) is 59.2. The van der Waals surface area contributed by atoms with Crippen LogP contribution < -0.4 is 9.80 Å². The molecule has 62 heavy (non-hydrogen) atoms. The minimum absolute atomic E-state index is 0.184. The van der Waals surface area contributed by atoms with Crippen LogP contribution in [0, 0.1) is 0 Å². The Balaban J connectivity index is 3.15. The van der Waals surface area contributed by atoms with Crippen LogP contribution in [-0.4, -0.2) is 155 Å². The van der Waals surface area contributed by atoms with Crippen LogP contribution in [0.1, 0.15) is 108 Å². The maximum absolute atomic E-state index is 6.21. The second kappa shape index (κ2) is 39.4. The molecule has 1 aromatic carbocycles. The lowest BCUT2D eigenvalue weighted by Gasteiger charge is -2.31. The van der Waals surface area contributed by atoms with E-state index in [0.29, 0.717) is 79.3 Å². The van der Waals surface area contributed by atoms with E-state index in [9.17, 15) is 0 Å². The van der Waals surface area contributed by atoms with Gasteiger partial charge >= 0.3 is 17.6 Å². The molecule has 0 radical (unpaired) electrons. The molecule has 0 aliphatic heterocycles. The summed E-state index contributed by atoms with van der Waals surface area (Å²) in [5.41, 5.74) is 2.44. The second-order valence-corrected chi connectivity index (χ2v) is 23.1. The summed E-state index contributed by atoms with van der Waals surface area (Å²) in [5, 5.41) is 0. The topological polar surface area (TPSA) is 117 Å². The predicted octanol–water partition coefficient (Wildman–Crippen LogP) is 7.57. The van der Waals surface area contributed by atoms with Crippen molar-refractivity contribution in [1.29, 1.82) is 0 Å². The normalized spacial score (nSPS) is 12.7. The number of anilines is 2. The maximum atomic E-state index is 6.21. The summed E-state index contributed by atoms with van der Waals surface area (Å²) in [6.07, 6.45) is 5.14. The van der Waals surface area contributed by atoms with E-state index in [2.05, 4.69) is 34.1 Å². The molecular formula is C44H92N2O12Si4. The summed E-state index contributed by atoms with van der Waals surface area (Å²) in [4.78, 5) is 5.03. The Kier molecular flexibility index (Phi) is 37.6. The van der Waals surface area contributed by atoms with Crippen molar-refractivity contribution >= 4 is 48.5 Å². The van der Waals surface area contributed by atoms with Crippen molar-refractivity contribution in [2.75, 3.05) is 115 Å². The molecule has 0 saturated carbocycles. The molecule has 0 saturated heterocycles. The van der Waals surface area contributed by atoms with E-state index < -0.39 is 37.1 Å². The van der Waals surface area contributed by atoms with Gasteiger partial charge in [-0.15, -0.1) is 0 Å². The second-order valence-electron chi connectivity index (χ2n) is 14.6. The molecule has 0 aliphatic carbocycles. The number of hydrogen-bond donors (Lipinski definition) is 0. The van der Waals surface area contributed by atoms with E-state index in [1.807, 2.05) is 69.2 Å². The Hall–Kier alpha value is -0.792. The van der Waals surface area contributed by atoms with Crippen molar-refractivity contribution < 1.29 is 54.4 Å². The molecule has 0 N–H and O–H groups in total. The quantitative estimate of drug-likeness (QED) is 0.0363. The van der Waals surface area contributed by atoms with E-state index in [-0.39, 0.29) is 12.6 Å². The third-order valence-corrected chi connectivity index (χ3v) is 19.0. The van der Waals surface area contributed by atoms with Crippen molar-refractivity contribution in [3.63, 3.8) is 0 Å². The van der Waals surface area contributed by atoms with Gasteiger partial charge in [0.15, 0.2) is 32.1 Å². The van der Waals surface area contributed by atoms with E-state index in [4.69, 9.17) is 54.4 Å². The molecule has 18 heteroatoms. The Morgan fingerprint density at radius 1 is 0.419 bits per heavy atom. The summed E-state index contributed by atoms with van der Waals surface area (Å²) < 4.78 is 72.3. The smallest absolute Gasteiger partial charge is 0.424 e. The van der Waals surface area contributed by atoms with Crippen molar-refractivity contribution in [3.8, 4) is 0 Å². The number of hydrogen-bond acceptors (Lipinski definition) is 14. The SMILES string of the molecule is CCOC(CCO[SiH2]CCCN(CCC[Si](OCC)(OCC)OCC)c1ccc(N(CCC[SiH2]OCCC(OCC)OCC)CCC[Si](OCC)(OCC)OCC)cc1)OCC. The molecule has 0 unspecified atom stereocenters. The van der Waals surface area contributed by atoms with Crippen LogP contribution >= 0.6 is 0 Å². The monoisotopic (exact) mass is 953 g/mol. The largest absolute Gasteiger partial charge is 0.500 e. The van der Waals surface area contributed by atoms with Crippen LogP contribution in [0.5, 0.6) is 0 Å². The number of benzene rings is 1. The van der Waals surface area contributed by atoms with Crippen LogP contribution in [0.15, 0.2) is 24.3 Å². The van der Waals surface area contributed by atoms with Gasteiger partial charge < -0.3 is 64.2 Å². The highest BCUT2D eigenvalue weighted by atomic mass is 28.4. The highest BCUT2D eigenvalue weighted by molar-refractivity contribution is 6.61. The average molecular weight is 954 g/mol. The number of rotatable bonds is 46. The zero-order valence-corrected chi connectivity index (χ0v) is 45.9. The lowest BCUT2D eigenvalue weighted by Crippen LogP contribution is -2.46. The molecule has 1 aromatic rings. The molecule has 0 atom stereocenters. The van der Waals surface area contributed by atoms with Crippen LogP contribution in [0.3, 0.4) is 0 Å². The molecule has 0 aliphatic rings. The van der Waals surface area contributed by atoms with Crippen molar-refractivity contribution in [2.45, 2.75) is 145 Å². The average Bonchev–Trinajstić information content (AvgIpc) is 3.25. The third kappa shape index (κ3) is 26.4. The van der Waals surface area contributed by atoms with Crippen LogP contribution in [0.2, 0.25) is 24.2 Å². The Labute approximate surface area is 385 Å². The predicted molar refractivity (Wildman–Crippen MR) is 262 cm³/mol. The zero-order chi connectivity index (χ0) is 45.6. The van der Waals surface area contributed by atoms with Crippen LogP contribution in [0.25, 0.3) is 0 Å². The van der Waals surface area contributed by atoms with Crippen molar-refractivity contribution in [3.05, 3.63) is 24.3 Å². The molecule has 0 bridgehead atoms. The Bertz CT molecular complexity index is 1010. The van der Waals surface area contributed by atoms with Gasteiger partial charge in [0.1, 0.15) is 0 Å². The van der Waals surface area contributed by atoms with Crippen molar-refractivity contribution in [1.82, 2.24) is 0 Å². The summed E-state index contributed by atoms with van der Waals surface area (Å²) >= 11 is 0. The van der Waals surface area contributed by atoms with Gasteiger partial charge in [0.05, 0.1) is 0 Å².